The molecule has 1 aliphatic rings. The summed E-state index contributed by atoms with van der Waals surface area (Å²) >= 11 is 0. The number of nitrogens with zero attached hydrogens (tertiary/aromatic N) is 1. The van der Waals surface area contributed by atoms with Gasteiger partial charge >= 0.3 is 6.36 Å². The zero-order valence-electron chi connectivity index (χ0n) is 10.2. The van der Waals surface area contributed by atoms with Crippen LogP contribution in [-0.4, -0.2) is 12.9 Å². The van der Waals surface area contributed by atoms with Gasteiger partial charge in [0, 0.05) is 18.4 Å². The molecule has 0 aliphatic carbocycles. The van der Waals surface area contributed by atoms with Crippen LogP contribution in [-0.2, 0) is 0 Å². The Kier molecular flexibility index (Phi) is 3.24. The Balaban J connectivity index is 2.32. The number of hydrogen-bond acceptors (Lipinski definition) is 2. The molecule has 1 aromatic carbocycles. The van der Waals surface area contributed by atoms with Crippen molar-refractivity contribution in [3.05, 3.63) is 35.5 Å². The molecule has 5 heteroatoms. The lowest BCUT2D eigenvalue weighted by atomic mass is 10.1. The third kappa shape index (κ3) is 2.78. The van der Waals surface area contributed by atoms with E-state index in [2.05, 4.69) is 4.74 Å². The fourth-order valence-corrected chi connectivity index (χ4v) is 2.24. The summed E-state index contributed by atoms with van der Waals surface area (Å²) in [5, 5.41) is 0. The van der Waals surface area contributed by atoms with Gasteiger partial charge in [0.25, 0.3) is 0 Å². The minimum atomic E-state index is -4.64. The number of aryl methyl sites for hydroxylation is 2. The lowest BCUT2D eigenvalue weighted by Gasteiger charge is -2.22. The maximum absolute atomic E-state index is 12.2. The maximum atomic E-state index is 12.2. The van der Waals surface area contributed by atoms with Crippen LogP contribution in [0.2, 0.25) is 0 Å². The van der Waals surface area contributed by atoms with Crippen LogP contribution < -0.4 is 9.64 Å². The Morgan fingerprint density at radius 3 is 2.22 bits per heavy atom. The van der Waals surface area contributed by atoms with Gasteiger partial charge in [-0.3, -0.25) is 0 Å². The SMILES string of the molecule is Cc1cc(OC(F)(F)F)cc(C)c1N1C=CCC1. The average molecular weight is 257 g/mol. The standard InChI is InChI=1S/C13H14F3NO/c1-9-7-11(18-13(14,15)16)8-10(2)12(9)17-5-3-4-6-17/h3,5,7-8H,4,6H2,1-2H3. The van der Waals surface area contributed by atoms with Gasteiger partial charge in [0.05, 0.1) is 0 Å². The molecule has 0 saturated heterocycles. The Bertz CT molecular complexity index is 457. The molecule has 0 bridgehead atoms. The van der Waals surface area contributed by atoms with E-state index in [-0.39, 0.29) is 5.75 Å². The summed E-state index contributed by atoms with van der Waals surface area (Å²) in [5.74, 6) is -0.163. The molecule has 0 amide bonds. The highest BCUT2D eigenvalue weighted by Crippen LogP contribution is 2.33. The fourth-order valence-electron chi connectivity index (χ4n) is 2.24. The smallest absolute Gasteiger partial charge is 0.406 e. The van der Waals surface area contributed by atoms with Gasteiger partial charge in [-0.25, -0.2) is 0 Å². The summed E-state index contributed by atoms with van der Waals surface area (Å²) in [6, 6.07) is 2.84. The quantitative estimate of drug-likeness (QED) is 0.796. The predicted molar refractivity (Wildman–Crippen MR) is 63.7 cm³/mol. The first-order chi connectivity index (χ1) is 8.37. The minimum Gasteiger partial charge on any atom is -0.406 e. The second-order valence-corrected chi connectivity index (χ2v) is 4.32. The summed E-state index contributed by atoms with van der Waals surface area (Å²) in [5.41, 5.74) is 2.51. The lowest BCUT2D eigenvalue weighted by molar-refractivity contribution is -0.274. The van der Waals surface area contributed by atoms with Gasteiger partial charge in [-0.05, 0) is 43.5 Å². The van der Waals surface area contributed by atoms with Crippen LogP contribution in [0.4, 0.5) is 18.9 Å². The van der Waals surface area contributed by atoms with E-state index in [1.165, 1.54) is 12.1 Å². The van der Waals surface area contributed by atoms with Gasteiger partial charge in [0.1, 0.15) is 5.75 Å². The van der Waals surface area contributed by atoms with Gasteiger partial charge < -0.3 is 9.64 Å². The van der Waals surface area contributed by atoms with Gasteiger partial charge in [0.2, 0.25) is 0 Å². The highest BCUT2D eigenvalue weighted by Gasteiger charge is 2.31. The number of hydrogen-bond donors (Lipinski definition) is 0. The zero-order valence-corrected chi connectivity index (χ0v) is 10.2. The van der Waals surface area contributed by atoms with E-state index >= 15 is 0 Å². The van der Waals surface area contributed by atoms with Crippen LogP contribution in [0.25, 0.3) is 0 Å². The Morgan fingerprint density at radius 2 is 1.78 bits per heavy atom. The summed E-state index contributed by atoms with van der Waals surface area (Å²) in [6.45, 7) is 4.44. The fraction of sp³-hybridized carbons (Fsp3) is 0.385. The monoisotopic (exact) mass is 257 g/mol. The molecule has 0 N–H and O–H groups in total. The minimum absolute atomic E-state index is 0.163. The van der Waals surface area contributed by atoms with Crippen LogP contribution >= 0.6 is 0 Å². The number of rotatable bonds is 2. The van der Waals surface area contributed by atoms with E-state index in [9.17, 15) is 13.2 Å². The Hall–Kier alpha value is -1.65. The number of benzene rings is 1. The van der Waals surface area contributed by atoms with E-state index in [4.69, 9.17) is 0 Å². The molecular formula is C13H14F3NO. The van der Waals surface area contributed by atoms with Crippen molar-refractivity contribution >= 4 is 5.69 Å². The molecule has 0 fully saturated rings. The molecule has 18 heavy (non-hydrogen) atoms. The van der Waals surface area contributed by atoms with Crippen LogP contribution in [0.1, 0.15) is 17.5 Å². The van der Waals surface area contributed by atoms with Crippen molar-refractivity contribution < 1.29 is 17.9 Å². The van der Waals surface area contributed by atoms with Crippen LogP contribution in [0.15, 0.2) is 24.4 Å². The first kappa shape index (κ1) is 12.8. The number of ether oxygens (including phenoxy) is 1. The number of alkyl halides is 3. The van der Waals surface area contributed by atoms with Crippen molar-refractivity contribution in [2.75, 3.05) is 11.4 Å². The van der Waals surface area contributed by atoms with Crippen molar-refractivity contribution in [2.24, 2.45) is 0 Å². The second-order valence-electron chi connectivity index (χ2n) is 4.32. The second kappa shape index (κ2) is 4.55. The zero-order chi connectivity index (χ0) is 13.3. The van der Waals surface area contributed by atoms with E-state index in [1.807, 2.05) is 17.2 Å². The Labute approximate surface area is 104 Å². The molecule has 0 aromatic heterocycles. The van der Waals surface area contributed by atoms with Crippen molar-refractivity contribution in [2.45, 2.75) is 26.6 Å². The predicted octanol–water partition coefficient (Wildman–Crippen LogP) is 3.93. The number of halogens is 3. The highest BCUT2D eigenvalue weighted by molar-refractivity contribution is 5.63. The summed E-state index contributed by atoms with van der Waals surface area (Å²) in [7, 11) is 0. The molecule has 1 aliphatic heterocycles. The third-order valence-corrected chi connectivity index (χ3v) is 2.81. The molecular weight excluding hydrogens is 243 g/mol. The third-order valence-electron chi connectivity index (χ3n) is 2.81. The van der Waals surface area contributed by atoms with E-state index < -0.39 is 6.36 Å². The topological polar surface area (TPSA) is 12.5 Å². The molecule has 98 valence electrons. The van der Waals surface area contributed by atoms with Crippen LogP contribution in [0.5, 0.6) is 5.75 Å². The van der Waals surface area contributed by atoms with Gasteiger partial charge in [0.15, 0.2) is 0 Å². The van der Waals surface area contributed by atoms with E-state index in [0.29, 0.717) is 0 Å². The Morgan fingerprint density at radius 1 is 1.17 bits per heavy atom. The molecule has 1 heterocycles. The molecule has 2 rings (SSSR count). The normalized spacial score (nSPS) is 15.3. The van der Waals surface area contributed by atoms with Crippen molar-refractivity contribution in [1.82, 2.24) is 0 Å². The largest absolute Gasteiger partial charge is 0.573 e. The molecule has 0 spiro atoms. The summed E-state index contributed by atoms with van der Waals surface area (Å²) in [6.07, 6.45) is 0.312. The highest BCUT2D eigenvalue weighted by atomic mass is 19.4. The van der Waals surface area contributed by atoms with Gasteiger partial charge in [-0.15, -0.1) is 13.2 Å². The summed E-state index contributed by atoms with van der Waals surface area (Å²) < 4.78 is 40.4. The molecule has 1 aromatic rings. The molecule has 0 saturated carbocycles. The van der Waals surface area contributed by atoms with Crippen LogP contribution in [0.3, 0.4) is 0 Å². The molecule has 0 radical (unpaired) electrons. The molecule has 0 atom stereocenters. The van der Waals surface area contributed by atoms with Crippen molar-refractivity contribution in [3.8, 4) is 5.75 Å². The van der Waals surface area contributed by atoms with Gasteiger partial charge in [-0.2, -0.15) is 0 Å². The first-order valence-corrected chi connectivity index (χ1v) is 5.67. The van der Waals surface area contributed by atoms with Crippen LogP contribution in [0, 0.1) is 13.8 Å². The molecule has 2 nitrogen and oxygen atoms in total. The lowest BCUT2D eigenvalue weighted by Crippen LogP contribution is -2.18. The summed E-state index contributed by atoms with van der Waals surface area (Å²) in [4.78, 5) is 2.04. The average Bonchev–Trinajstić information content (AvgIpc) is 2.66. The van der Waals surface area contributed by atoms with Crippen molar-refractivity contribution in [3.63, 3.8) is 0 Å². The van der Waals surface area contributed by atoms with E-state index in [1.54, 1.807) is 13.8 Å². The molecule has 0 unspecified atom stereocenters. The van der Waals surface area contributed by atoms with E-state index in [0.717, 1.165) is 29.8 Å². The van der Waals surface area contributed by atoms with Crippen molar-refractivity contribution in [1.29, 1.82) is 0 Å². The maximum Gasteiger partial charge on any atom is 0.573 e. The number of anilines is 1. The first-order valence-electron chi connectivity index (χ1n) is 5.67. The van der Waals surface area contributed by atoms with Gasteiger partial charge in [-0.1, -0.05) is 6.08 Å².